The van der Waals surface area contributed by atoms with E-state index in [4.69, 9.17) is 13.3 Å². The Morgan fingerprint density at radius 1 is 0.508 bits per heavy atom. The van der Waals surface area contributed by atoms with Gasteiger partial charge in [0.2, 0.25) is 0 Å². The molecule has 320 valence electrons. The van der Waals surface area contributed by atoms with Gasteiger partial charge in [-0.25, -0.2) is 0 Å². The quantitative estimate of drug-likeness (QED) is 0.0538. The van der Waals surface area contributed by atoms with Gasteiger partial charge in [0, 0.05) is 55.1 Å². The van der Waals surface area contributed by atoms with Gasteiger partial charge in [-0.15, -0.1) is 0 Å². The minimum Gasteiger partial charge on any atom is -0.481 e. The van der Waals surface area contributed by atoms with Gasteiger partial charge in [0.25, 0.3) is 0 Å². The van der Waals surface area contributed by atoms with Crippen LogP contribution in [0.3, 0.4) is 0 Å². The van der Waals surface area contributed by atoms with Gasteiger partial charge in [-0.3, -0.25) is 19.3 Å². The lowest BCUT2D eigenvalue weighted by Crippen LogP contribution is -2.27. The van der Waals surface area contributed by atoms with Crippen molar-refractivity contribution in [2.24, 2.45) is 35.5 Å². The van der Waals surface area contributed by atoms with Gasteiger partial charge in [-0.05, 0) is 148 Å². The molecule has 0 spiro atoms. The van der Waals surface area contributed by atoms with Gasteiger partial charge in [0.05, 0.1) is 17.8 Å². The molecule has 6 aromatic rings. The fourth-order valence-electron chi connectivity index (χ4n) is 10.1. The van der Waals surface area contributed by atoms with Crippen molar-refractivity contribution >= 4 is 50.8 Å². The Hall–Kier alpha value is -5.47. The highest BCUT2D eigenvalue weighted by molar-refractivity contribution is 5.81. The molecule has 3 aromatic carbocycles. The molecule has 6 atom stereocenters. The van der Waals surface area contributed by atoms with Crippen LogP contribution in [0.2, 0.25) is 0 Å². The number of benzene rings is 3. The fraction of sp³-hybridized carbons (Fsp3) is 0.438. The lowest BCUT2D eigenvalue weighted by Gasteiger charge is -2.23. The van der Waals surface area contributed by atoms with Gasteiger partial charge >= 0.3 is 17.9 Å². The lowest BCUT2D eigenvalue weighted by molar-refractivity contribution is -0.144. The topological polar surface area (TPSA) is 191 Å². The number of carboxylic acid groups (broad SMARTS) is 3. The molecule has 3 aliphatic heterocycles. The molecule has 6 unspecified atom stereocenters. The van der Waals surface area contributed by atoms with Gasteiger partial charge in [-0.2, -0.15) is 0 Å². The summed E-state index contributed by atoms with van der Waals surface area (Å²) in [5.74, 6) is -1.67. The summed E-state index contributed by atoms with van der Waals surface area (Å²) in [5.41, 5.74) is 5.42. The number of carbonyl (C=O) groups is 3. The third-order valence-corrected chi connectivity index (χ3v) is 13.3. The van der Waals surface area contributed by atoms with Gasteiger partial charge in [-0.1, -0.05) is 18.2 Å². The van der Waals surface area contributed by atoms with Crippen LogP contribution in [0.1, 0.15) is 53.2 Å². The maximum absolute atomic E-state index is 12.2. The molecule has 6 N–H and O–H groups in total. The number of nitrogens with zero attached hydrogens (tertiary/aromatic N) is 1. The van der Waals surface area contributed by atoms with E-state index in [2.05, 4.69) is 57.2 Å². The highest BCUT2D eigenvalue weighted by atomic mass is 16.4. The zero-order valence-electron chi connectivity index (χ0n) is 34.2. The Morgan fingerprint density at radius 2 is 0.820 bits per heavy atom. The van der Waals surface area contributed by atoms with Gasteiger partial charge in [0.1, 0.15) is 34.0 Å². The van der Waals surface area contributed by atoms with E-state index >= 15 is 0 Å². The highest BCUT2D eigenvalue weighted by Gasteiger charge is 2.34. The number of aliphatic carboxylic acids is 3. The molecule has 9 rings (SSSR count). The monoisotopic (exact) mass is 830 g/mol. The summed E-state index contributed by atoms with van der Waals surface area (Å²) < 4.78 is 18.6. The van der Waals surface area contributed by atoms with Crippen molar-refractivity contribution in [3.63, 3.8) is 0 Å². The van der Waals surface area contributed by atoms with E-state index in [1.165, 1.54) is 0 Å². The maximum Gasteiger partial charge on any atom is 0.307 e. The molecule has 3 saturated heterocycles. The van der Waals surface area contributed by atoms with Crippen molar-refractivity contribution in [1.82, 2.24) is 20.9 Å². The Labute approximate surface area is 353 Å². The Bertz CT molecular complexity index is 2240. The molecule has 0 bridgehead atoms. The van der Waals surface area contributed by atoms with Crippen molar-refractivity contribution in [3.05, 3.63) is 107 Å². The van der Waals surface area contributed by atoms with Crippen LogP contribution < -0.4 is 16.0 Å². The second kappa shape index (κ2) is 17.9. The molecule has 3 aliphatic rings. The molecule has 6 heterocycles. The normalized spacial score (nSPS) is 20.9. The summed E-state index contributed by atoms with van der Waals surface area (Å²) in [6.45, 7) is 6.43. The first-order valence-corrected chi connectivity index (χ1v) is 21.7. The predicted octanol–water partition coefficient (Wildman–Crippen LogP) is 6.69. The third-order valence-electron chi connectivity index (χ3n) is 13.3. The van der Waals surface area contributed by atoms with Crippen LogP contribution in [0, 0.1) is 35.5 Å². The van der Waals surface area contributed by atoms with Gasteiger partial charge < -0.3 is 44.5 Å². The second-order valence-electron chi connectivity index (χ2n) is 17.6. The van der Waals surface area contributed by atoms with Crippen LogP contribution in [0.5, 0.6) is 0 Å². The van der Waals surface area contributed by atoms with Crippen LogP contribution in [0.4, 0.5) is 0 Å². The molecule has 13 heteroatoms. The Balaban J connectivity index is 0.966. The zero-order chi connectivity index (χ0) is 42.0. The van der Waals surface area contributed by atoms with Crippen molar-refractivity contribution in [2.45, 2.75) is 58.2 Å². The molecular formula is C48H54N4O9. The SMILES string of the molecule is O=C(O)C(Cc1cc2cc(CN(Cc3ccc4oc(CC(C(=O)O)C5CCNC5)cc4c3)Cc3ccc4oc(CC(C(=O)O)C5CCNC5)cc4c3)ccc2o1)C1CCNC1. The number of nitrogens with one attached hydrogen (secondary N) is 3. The molecule has 3 aromatic heterocycles. The van der Waals surface area contributed by atoms with E-state index in [0.29, 0.717) is 75.8 Å². The molecule has 0 amide bonds. The molecule has 0 aliphatic carbocycles. The summed E-state index contributed by atoms with van der Waals surface area (Å²) in [7, 11) is 0. The number of fused-ring (bicyclic) bond motifs is 3. The number of carboxylic acids is 3. The second-order valence-corrected chi connectivity index (χ2v) is 17.6. The molecule has 61 heavy (non-hydrogen) atoms. The first kappa shape index (κ1) is 40.9. The van der Waals surface area contributed by atoms with Crippen LogP contribution in [-0.2, 0) is 53.3 Å². The van der Waals surface area contributed by atoms with E-state index < -0.39 is 35.7 Å². The first-order valence-electron chi connectivity index (χ1n) is 21.7. The summed E-state index contributed by atoms with van der Waals surface area (Å²) in [5, 5.41) is 42.8. The third kappa shape index (κ3) is 9.40. The van der Waals surface area contributed by atoms with Crippen LogP contribution in [-0.4, -0.2) is 77.4 Å². The number of rotatable bonds is 18. The standard InChI is InChI=1S/C48H54N4O9/c53-46(54)40(31-7-10-49-22-31)19-37-16-34-13-28(1-4-43(34)59-37)25-52(26-29-2-5-44-35(14-29)17-38(60-44)20-41(47(55)56)32-8-11-50-23-32)27-30-3-6-45-36(15-30)18-39(61-45)21-42(48(57)58)33-9-12-51-24-33/h1-6,13-18,31-33,40-42,49-51H,7-12,19-27H2,(H,53,54)(H,55,56)(H,57,58). The summed E-state index contributed by atoms with van der Waals surface area (Å²) in [4.78, 5) is 39.0. The number of hydrogen-bond donors (Lipinski definition) is 6. The smallest absolute Gasteiger partial charge is 0.307 e. The summed E-state index contributed by atoms with van der Waals surface area (Å²) in [6.07, 6.45) is 3.56. The van der Waals surface area contributed by atoms with Crippen LogP contribution in [0.15, 0.2) is 86.0 Å². The predicted molar refractivity (Wildman–Crippen MR) is 229 cm³/mol. The highest BCUT2D eigenvalue weighted by Crippen LogP contribution is 2.32. The molecule has 0 radical (unpaired) electrons. The summed E-state index contributed by atoms with van der Waals surface area (Å²) >= 11 is 0. The van der Waals surface area contributed by atoms with E-state index in [9.17, 15) is 29.7 Å². The average molecular weight is 831 g/mol. The van der Waals surface area contributed by atoms with E-state index in [1.807, 2.05) is 36.4 Å². The van der Waals surface area contributed by atoms with E-state index in [1.54, 1.807) is 0 Å². The minimum absolute atomic E-state index is 0.0720. The Kier molecular flexibility index (Phi) is 12.0. The first-order chi connectivity index (χ1) is 29.6. The van der Waals surface area contributed by atoms with Gasteiger partial charge in [0.15, 0.2) is 0 Å². The minimum atomic E-state index is -0.794. The number of hydrogen-bond acceptors (Lipinski definition) is 10. The van der Waals surface area contributed by atoms with Crippen molar-refractivity contribution in [3.8, 4) is 0 Å². The maximum atomic E-state index is 12.2. The largest absolute Gasteiger partial charge is 0.481 e. The van der Waals surface area contributed by atoms with Crippen molar-refractivity contribution < 1.29 is 43.0 Å². The van der Waals surface area contributed by atoms with E-state index in [-0.39, 0.29) is 17.8 Å². The lowest BCUT2D eigenvalue weighted by atomic mass is 9.88. The molecule has 0 saturated carbocycles. The number of furan rings is 3. The van der Waals surface area contributed by atoms with Crippen LogP contribution >= 0.6 is 0 Å². The Morgan fingerprint density at radius 3 is 1.08 bits per heavy atom. The molecule has 3 fully saturated rings. The van der Waals surface area contributed by atoms with Crippen molar-refractivity contribution in [2.75, 3.05) is 39.3 Å². The fourth-order valence-corrected chi connectivity index (χ4v) is 10.1. The summed E-state index contributed by atoms with van der Waals surface area (Å²) in [6, 6.07) is 24.4. The molecule has 13 nitrogen and oxygen atoms in total. The zero-order valence-corrected chi connectivity index (χ0v) is 34.2. The molecular weight excluding hydrogens is 777 g/mol. The van der Waals surface area contributed by atoms with E-state index in [0.717, 1.165) is 88.5 Å². The average Bonchev–Trinajstić information content (AvgIpc) is 4.08. The van der Waals surface area contributed by atoms with Crippen LogP contribution in [0.25, 0.3) is 32.9 Å². The van der Waals surface area contributed by atoms with Crippen molar-refractivity contribution in [1.29, 1.82) is 0 Å².